The summed E-state index contributed by atoms with van der Waals surface area (Å²) in [6, 6.07) is 11.1. The number of piperidine rings is 1. The predicted octanol–water partition coefficient (Wildman–Crippen LogP) is 4.06. The van der Waals surface area contributed by atoms with Crippen LogP contribution in [0.3, 0.4) is 0 Å². The van der Waals surface area contributed by atoms with Gasteiger partial charge in [0.05, 0.1) is 20.1 Å². The van der Waals surface area contributed by atoms with Gasteiger partial charge < -0.3 is 14.8 Å². The Morgan fingerprint density at radius 1 is 1.19 bits per heavy atom. The average molecular weight is 427 g/mol. The van der Waals surface area contributed by atoms with E-state index < -0.39 is 0 Å². The van der Waals surface area contributed by atoms with Crippen LogP contribution >= 0.6 is 0 Å². The van der Waals surface area contributed by atoms with Crippen LogP contribution in [0.5, 0.6) is 11.5 Å². The number of nitrogens with one attached hydrogen (secondary N) is 1. The molecule has 0 spiro atoms. The number of amides is 1. The Labute approximate surface area is 183 Å². The van der Waals surface area contributed by atoms with Gasteiger partial charge in [-0.25, -0.2) is 4.39 Å². The molecule has 2 aromatic carbocycles. The highest BCUT2D eigenvalue weighted by molar-refractivity contribution is 5.79. The largest absolute Gasteiger partial charge is 0.497 e. The number of benzene rings is 2. The SMILES string of the molecule is C=CCNC(=O)[C@H]1C[C@H](c2ccc(F)c(C)c2)CN(Cc2cc(OC)cc(OC)c2)C1. The second-order valence-corrected chi connectivity index (χ2v) is 8.09. The molecule has 0 radical (unpaired) electrons. The highest BCUT2D eigenvalue weighted by Crippen LogP contribution is 2.33. The number of likely N-dealkylation sites (tertiary alicyclic amines) is 1. The summed E-state index contributed by atoms with van der Waals surface area (Å²) in [5.41, 5.74) is 2.74. The van der Waals surface area contributed by atoms with Crippen molar-refractivity contribution < 1.29 is 18.7 Å². The van der Waals surface area contributed by atoms with E-state index in [-0.39, 0.29) is 23.6 Å². The highest BCUT2D eigenvalue weighted by atomic mass is 19.1. The fraction of sp³-hybridized carbons (Fsp3) is 0.400. The van der Waals surface area contributed by atoms with E-state index in [4.69, 9.17) is 9.47 Å². The van der Waals surface area contributed by atoms with Crippen molar-refractivity contribution in [1.29, 1.82) is 0 Å². The fourth-order valence-corrected chi connectivity index (χ4v) is 4.21. The monoisotopic (exact) mass is 426 g/mol. The van der Waals surface area contributed by atoms with Gasteiger partial charge in [-0.3, -0.25) is 9.69 Å². The molecule has 31 heavy (non-hydrogen) atoms. The zero-order valence-electron chi connectivity index (χ0n) is 18.5. The van der Waals surface area contributed by atoms with E-state index in [2.05, 4.69) is 16.8 Å². The molecule has 0 saturated carbocycles. The standard InChI is InChI=1S/C25H31FN2O3/c1-5-8-27-25(29)21-12-20(19-6-7-24(26)17(2)9-19)15-28(16-21)14-18-10-22(30-3)13-23(11-18)31-4/h5-7,9-11,13,20-21H,1,8,12,14-16H2,2-4H3,(H,27,29)/t20-,21-/m0/s1. The van der Waals surface area contributed by atoms with Crippen LogP contribution in [0.25, 0.3) is 0 Å². The number of halogens is 1. The molecule has 0 aromatic heterocycles. The molecule has 2 aromatic rings. The first kappa shape index (κ1) is 22.8. The number of rotatable bonds is 8. The summed E-state index contributed by atoms with van der Waals surface area (Å²) in [6.45, 7) is 8.00. The minimum atomic E-state index is -0.208. The molecule has 6 heteroatoms. The summed E-state index contributed by atoms with van der Waals surface area (Å²) in [5, 5.41) is 2.93. The molecule has 1 saturated heterocycles. The molecule has 0 aliphatic carbocycles. The van der Waals surface area contributed by atoms with Gasteiger partial charge in [-0.2, -0.15) is 0 Å². The van der Waals surface area contributed by atoms with Crippen molar-refractivity contribution in [2.75, 3.05) is 33.9 Å². The maximum atomic E-state index is 13.8. The molecule has 2 atom stereocenters. The van der Waals surface area contributed by atoms with Crippen LogP contribution in [-0.4, -0.2) is 44.7 Å². The summed E-state index contributed by atoms with van der Waals surface area (Å²) in [6.07, 6.45) is 2.41. The van der Waals surface area contributed by atoms with E-state index >= 15 is 0 Å². The van der Waals surface area contributed by atoms with Gasteiger partial charge in [-0.05, 0) is 54.2 Å². The van der Waals surface area contributed by atoms with Gasteiger partial charge in [-0.1, -0.05) is 18.2 Å². The van der Waals surface area contributed by atoms with Crippen molar-refractivity contribution in [3.05, 3.63) is 71.6 Å². The number of hydrogen-bond donors (Lipinski definition) is 1. The minimum Gasteiger partial charge on any atom is -0.497 e. The van der Waals surface area contributed by atoms with Crippen molar-refractivity contribution in [3.63, 3.8) is 0 Å². The van der Waals surface area contributed by atoms with Crippen molar-refractivity contribution in [2.45, 2.75) is 25.8 Å². The van der Waals surface area contributed by atoms with Gasteiger partial charge in [0.2, 0.25) is 5.91 Å². The van der Waals surface area contributed by atoms with E-state index in [1.54, 1.807) is 27.2 Å². The second-order valence-electron chi connectivity index (χ2n) is 8.09. The summed E-state index contributed by atoms with van der Waals surface area (Å²) in [5.74, 6) is 1.27. The molecule has 1 aliphatic rings. The lowest BCUT2D eigenvalue weighted by molar-refractivity contribution is -0.126. The Morgan fingerprint density at radius 2 is 1.90 bits per heavy atom. The van der Waals surface area contributed by atoms with Crippen molar-refractivity contribution in [3.8, 4) is 11.5 Å². The van der Waals surface area contributed by atoms with Crippen molar-refractivity contribution in [1.82, 2.24) is 10.2 Å². The third kappa shape index (κ3) is 5.85. The van der Waals surface area contributed by atoms with Crippen molar-refractivity contribution in [2.24, 2.45) is 5.92 Å². The highest BCUT2D eigenvalue weighted by Gasteiger charge is 2.32. The molecule has 3 rings (SSSR count). The number of carbonyl (C=O) groups is 1. The molecule has 0 unspecified atom stereocenters. The molecule has 1 fully saturated rings. The third-order valence-corrected chi connectivity index (χ3v) is 5.79. The first-order chi connectivity index (χ1) is 14.9. The molecule has 0 bridgehead atoms. The van der Waals surface area contributed by atoms with Crippen LogP contribution in [-0.2, 0) is 11.3 Å². The van der Waals surface area contributed by atoms with E-state index in [1.165, 1.54) is 6.07 Å². The Morgan fingerprint density at radius 3 is 2.52 bits per heavy atom. The first-order valence-electron chi connectivity index (χ1n) is 10.5. The molecule has 5 nitrogen and oxygen atoms in total. The van der Waals surface area contributed by atoms with Crippen molar-refractivity contribution >= 4 is 5.91 Å². The molecule has 166 valence electrons. The molecule has 1 heterocycles. The first-order valence-corrected chi connectivity index (χ1v) is 10.5. The number of nitrogens with zero attached hydrogens (tertiary/aromatic N) is 1. The van der Waals surface area contributed by atoms with Gasteiger partial charge in [0.1, 0.15) is 17.3 Å². The lowest BCUT2D eigenvalue weighted by Gasteiger charge is -2.37. The van der Waals surface area contributed by atoms with Crippen LogP contribution in [0.4, 0.5) is 4.39 Å². The van der Waals surface area contributed by atoms with E-state index in [0.717, 1.165) is 35.6 Å². The average Bonchev–Trinajstić information content (AvgIpc) is 2.78. The molecule has 1 amide bonds. The molecule has 1 N–H and O–H groups in total. The smallest absolute Gasteiger partial charge is 0.224 e. The summed E-state index contributed by atoms with van der Waals surface area (Å²) in [4.78, 5) is 15.0. The quantitative estimate of drug-likeness (QED) is 0.647. The number of ether oxygens (including phenoxy) is 2. The number of methoxy groups -OCH3 is 2. The van der Waals surface area contributed by atoms with E-state index in [0.29, 0.717) is 25.2 Å². The molecular weight excluding hydrogens is 395 g/mol. The zero-order chi connectivity index (χ0) is 22.4. The lowest BCUT2D eigenvalue weighted by Crippen LogP contribution is -2.45. The van der Waals surface area contributed by atoms with Gasteiger partial charge in [0, 0.05) is 32.2 Å². The van der Waals surface area contributed by atoms with Gasteiger partial charge in [0.15, 0.2) is 0 Å². The lowest BCUT2D eigenvalue weighted by atomic mass is 9.83. The van der Waals surface area contributed by atoms with Crippen LogP contribution in [0.2, 0.25) is 0 Å². The minimum absolute atomic E-state index is 0.0247. The predicted molar refractivity (Wildman–Crippen MR) is 120 cm³/mol. The van der Waals surface area contributed by atoms with Crippen LogP contribution in [0.1, 0.15) is 29.0 Å². The van der Waals surface area contributed by atoms with E-state index in [9.17, 15) is 9.18 Å². The Hall–Kier alpha value is -2.86. The maximum Gasteiger partial charge on any atom is 0.224 e. The number of carbonyl (C=O) groups excluding carboxylic acids is 1. The Bertz CT molecular complexity index is 909. The molecule has 1 aliphatic heterocycles. The summed E-state index contributed by atoms with van der Waals surface area (Å²) >= 11 is 0. The van der Waals surface area contributed by atoms with Gasteiger partial charge in [0.25, 0.3) is 0 Å². The fourth-order valence-electron chi connectivity index (χ4n) is 4.21. The zero-order valence-corrected chi connectivity index (χ0v) is 18.5. The Kier molecular flexibility index (Phi) is 7.69. The number of aryl methyl sites for hydroxylation is 1. The molecular formula is C25H31FN2O3. The van der Waals surface area contributed by atoms with Gasteiger partial charge >= 0.3 is 0 Å². The normalized spacial score (nSPS) is 19.0. The number of hydrogen-bond acceptors (Lipinski definition) is 4. The van der Waals surface area contributed by atoms with Crippen LogP contribution in [0, 0.1) is 18.7 Å². The second kappa shape index (κ2) is 10.4. The Balaban J connectivity index is 1.85. The van der Waals surface area contributed by atoms with Crippen LogP contribution < -0.4 is 14.8 Å². The topological polar surface area (TPSA) is 50.8 Å². The van der Waals surface area contributed by atoms with Crippen LogP contribution in [0.15, 0.2) is 49.1 Å². The summed E-state index contributed by atoms with van der Waals surface area (Å²) in [7, 11) is 3.26. The maximum absolute atomic E-state index is 13.8. The third-order valence-electron chi connectivity index (χ3n) is 5.79. The van der Waals surface area contributed by atoms with E-state index in [1.807, 2.05) is 30.3 Å². The summed E-state index contributed by atoms with van der Waals surface area (Å²) < 4.78 is 24.6. The van der Waals surface area contributed by atoms with Gasteiger partial charge in [-0.15, -0.1) is 6.58 Å².